The van der Waals surface area contributed by atoms with E-state index in [9.17, 15) is 0 Å². The van der Waals surface area contributed by atoms with E-state index in [0.29, 0.717) is 23.2 Å². The van der Waals surface area contributed by atoms with E-state index in [2.05, 4.69) is 25.2 Å². The molecule has 0 bridgehead atoms. The van der Waals surface area contributed by atoms with Crippen LogP contribution in [0.2, 0.25) is 10.0 Å². The molecular weight excluding hydrogens is 305 g/mol. The maximum absolute atomic E-state index is 6.18. The second kappa shape index (κ2) is 7.58. The molecule has 0 aromatic heterocycles. The van der Waals surface area contributed by atoms with Gasteiger partial charge in [-0.25, -0.2) is 0 Å². The van der Waals surface area contributed by atoms with Crippen molar-refractivity contribution < 1.29 is 4.74 Å². The Morgan fingerprint density at radius 3 is 2.67 bits per heavy atom. The molecule has 1 N–H and O–H groups in total. The molecule has 0 atom stereocenters. The van der Waals surface area contributed by atoms with Crippen LogP contribution >= 0.6 is 23.2 Å². The van der Waals surface area contributed by atoms with Crippen LogP contribution in [0.25, 0.3) is 0 Å². The zero-order chi connectivity index (χ0) is 15.2. The summed E-state index contributed by atoms with van der Waals surface area (Å²) in [5, 5.41) is 4.75. The van der Waals surface area contributed by atoms with Gasteiger partial charge in [0, 0.05) is 16.6 Å². The van der Waals surface area contributed by atoms with Gasteiger partial charge in [0.15, 0.2) is 0 Å². The van der Waals surface area contributed by atoms with E-state index in [-0.39, 0.29) is 0 Å². The second-order valence-corrected chi connectivity index (χ2v) is 5.78. The summed E-state index contributed by atoms with van der Waals surface area (Å²) in [5.41, 5.74) is 3.10. The Bertz CT molecular complexity index is 614. The van der Waals surface area contributed by atoms with E-state index in [1.54, 1.807) is 6.07 Å². The average Bonchev–Trinajstić information content (AvgIpc) is 2.47. The molecule has 0 saturated heterocycles. The summed E-state index contributed by atoms with van der Waals surface area (Å²) in [5.74, 6) is 0.870. The molecule has 0 aliphatic heterocycles. The van der Waals surface area contributed by atoms with Gasteiger partial charge in [0.2, 0.25) is 0 Å². The number of hydrogen-bond acceptors (Lipinski definition) is 2. The minimum absolute atomic E-state index is 0.602. The predicted molar refractivity (Wildman–Crippen MR) is 90.8 cm³/mol. The van der Waals surface area contributed by atoms with Crippen LogP contribution in [0.4, 0.5) is 5.69 Å². The van der Waals surface area contributed by atoms with Crippen molar-refractivity contribution in [1.29, 1.82) is 0 Å². The molecule has 2 rings (SSSR count). The Kier molecular flexibility index (Phi) is 5.77. The first-order valence-corrected chi connectivity index (χ1v) is 7.77. The molecule has 0 spiro atoms. The number of halogens is 2. The second-order valence-electron chi connectivity index (χ2n) is 4.94. The molecule has 0 heterocycles. The molecular formula is C17H19Cl2NO. The van der Waals surface area contributed by atoms with E-state index in [1.165, 1.54) is 5.56 Å². The highest BCUT2D eigenvalue weighted by molar-refractivity contribution is 6.33. The highest BCUT2D eigenvalue weighted by atomic mass is 35.5. The number of hydrogen-bond donors (Lipinski definition) is 1. The van der Waals surface area contributed by atoms with Crippen LogP contribution in [0, 0.1) is 6.92 Å². The number of anilines is 1. The summed E-state index contributed by atoms with van der Waals surface area (Å²) in [6, 6.07) is 11.6. The molecule has 2 nitrogen and oxygen atoms in total. The first-order valence-electron chi connectivity index (χ1n) is 7.01. The largest absolute Gasteiger partial charge is 0.491 e. The van der Waals surface area contributed by atoms with Crippen molar-refractivity contribution in [2.75, 3.05) is 11.9 Å². The maximum atomic E-state index is 6.18. The molecule has 0 aliphatic rings. The van der Waals surface area contributed by atoms with Crippen LogP contribution in [0.5, 0.6) is 5.75 Å². The Balaban J connectivity index is 2.13. The molecule has 0 saturated carbocycles. The highest BCUT2D eigenvalue weighted by Crippen LogP contribution is 2.28. The van der Waals surface area contributed by atoms with Crippen LogP contribution in [0.1, 0.15) is 24.5 Å². The molecule has 21 heavy (non-hydrogen) atoms. The molecule has 0 aliphatic carbocycles. The Morgan fingerprint density at radius 2 is 1.90 bits per heavy atom. The molecule has 0 unspecified atom stereocenters. The molecule has 2 aromatic carbocycles. The third-order valence-corrected chi connectivity index (χ3v) is 3.68. The van der Waals surface area contributed by atoms with Crippen molar-refractivity contribution in [2.24, 2.45) is 0 Å². The fourth-order valence-electron chi connectivity index (χ4n) is 1.98. The first kappa shape index (κ1) is 16.0. The van der Waals surface area contributed by atoms with Gasteiger partial charge in [-0.1, -0.05) is 36.2 Å². The summed E-state index contributed by atoms with van der Waals surface area (Å²) in [7, 11) is 0. The van der Waals surface area contributed by atoms with E-state index >= 15 is 0 Å². The molecule has 0 fully saturated rings. The fraction of sp³-hybridized carbons (Fsp3) is 0.294. The quantitative estimate of drug-likeness (QED) is 0.735. The number of rotatable bonds is 6. The molecule has 4 heteroatoms. The lowest BCUT2D eigenvalue weighted by molar-refractivity contribution is 0.318. The number of nitrogens with one attached hydrogen (secondary N) is 1. The average molecular weight is 324 g/mol. The van der Waals surface area contributed by atoms with E-state index in [0.717, 1.165) is 23.4 Å². The fourth-order valence-corrected chi connectivity index (χ4v) is 2.36. The van der Waals surface area contributed by atoms with Gasteiger partial charge in [-0.2, -0.15) is 0 Å². The predicted octanol–water partition coefficient (Wildman–Crippen LogP) is 5.70. The van der Waals surface area contributed by atoms with Gasteiger partial charge in [-0.05, 0) is 54.8 Å². The summed E-state index contributed by atoms with van der Waals surface area (Å²) < 4.78 is 5.79. The standard InChI is InChI=1S/C17H19Cl2NO/c1-3-8-21-17-9-12(2)4-7-16(17)20-11-13-10-14(18)5-6-15(13)19/h4-7,9-10,20H,3,8,11H2,1-2H3. The lowest BCUT2D eigenvalue weighted by Crippen LogP contribution is -2.04. The van der Waals surface area contributed by atoms with Crippen molar-refractivity contribution in [3.05, 3.63) is 57.6 Å². The molecule has 2 aromatic rings. The van der Waals surface area contributed by atoms with Crippen molar-refractivity contribution in [3.63, 3.8) is 0 Å². The molecule has 0 radical (unpaired) electrons. The van der Waals surface area contributed by atoms with Gasteiger partial charge in [0.1, 0.15) is 5.75 Å². The van der Waals surface area contributed by atoms with Crippen LogP contribution in [-0.4, -0.2) is 6.61 Å². The zero-order valence-electron chi connectivity index (χ0n) is 12.2. The Labute approximate surface area is 136 Å². The summed E-state index contributed by atoms with van der Waals surface area (Å²) in [4.78, 5) is 0. The topological polar surface area (TPSA) is 21.3 Å². The smallest absolute Gasteiger partial charge is 0.142 e. The van der Waals surface area contributed by atoms with E-state index < -0.39 is 0 Å². The minimum Gasteiger partial charge on any atom is -0.491 e. The first-order chi connectivity index (χ1) is 10.1. The summed E-state index contributed by atoms with van der Waals surface area (Å²) in [6.07, 6.45) is 0.980. The Hall–Kier alpha value is -1.38. The van der Waals surface area contributed by atoms with Gasteiger partial charge >= 0.3 is 0 Å². The minimum atomic E-state index is 0.602. The van der Waals surface area contributed by atoms with E-state index in [1.807, 2.05) is 24.3 Å². The van der Waals surface area contributed by atoms with E-state index in [4.69, 9.17) is 27.9 Å². The van der Waals surface area contributed by atoms with Crippen molar-refractivity contribution >= 4 is 28.9 Å². The van der Waals surface area contributed by atoms with Crippen LogP contribution < -0.4 is 10.1 Å². The maximum Gasteiger partial charge on any atom is 0.142 e. The number of benzene rings is 2. The molecule has 0 amide bonds. The molecule has 112 valence electrons. The van der Waals surface area contributed by atoms with Crippen molar-refractivity contribution in [1.82, 2.24) is 0 Å². The highest BCUT2D eigenvalue weighted by Gasteiger charge is 2.06. The van der Waals surface area contributed by atoms with Gasteiger partial charge < -0.3 is 10.1 Å². The van der Waals surface area contributed by atoms with Crippen molar-refractivity contribution in [3.8, 4) is 5.75 Å². The van der Waals surface area contributed by atoms with Crippen LogP contribution in [-0.2, 0) is 6.54 Å². The van der Waals surface area contributed by atoms with Gasteiger partial charge in [-0.3, -0.25) is 0 Å². The third kappa shape index (κ3) is 4.55. The Morgan fingerprint density at radius 1 is 1.10 bits per heavy atom. The normalized spacial score (nSPS) is 10.5. The lowest BCUT2D eigenvalue weighted by Gasteiger charge is -2.14. The third-order valence-electron chi connectivity index (χ3n) is 3.08. The number of aryl methyl sites for hydroxylation is 1. The summed E-state index contributed by atoms with van der Waals surface area (Å²) >= 11 is 12.2. The van der Waals surface area contributed by atoms with Gasteiger partial charge in [-0.15, -0.1) is 0 Å². The monoisotopic (exact) mass is 323 g/mol. The van der Waals surface area contributed by atoms with Crippen molar-refractivity contribution in [2.45, 2.75) is 26.8 Å². The zero-order valence-corrected chi connectivity index (χ0v) is 13.8. The van der Waals surface area contributed by atoms with Crippen LogP contribution in [0.3, 0.4) is 0 Å². The van der Waals surface area contributed by atoms with Gasteiger partial charge in [0.25, 0.3) is 0 Å². The SMILES string of the molecule is CCCOc1cc(C)ccc1NCc1cc(Cl)ccc1Cl. The lowest BCUT2D eigenvalue weighted by atomic mass is 10.2. The van der Waals surface area contributed by atoms with Gasteiger partial charge in [0.05, 0.1) is 12.3 Å². The number of ether oxygens (including phenoxy) is 1. The summed E-state index contributed by atoms with van der Waals surface area (Å²) in [6.45, 7) is 5.45. The van der Waals surface area contributed by atoms with Crippen LogP contribution in [0.15, 0.2) is 36.4 Å².